The van der Waals surface area contributed by atoms with Crippen molar-refractivity contribution in [3.8, 4) is 5.75 Å². The minimum absolute atomic E-state index is 0.0531. The van der Waals surface area contributed by atoms with Gasteiger partial charge in [0.15, 0.2) is 5.11 Å². The summed E-state index contributed by atoms with van der Waals surface area (Å²) < 4.78 is 6.01. The van der Waals surface area contributed by atoms with Crippen LogP contribution >= 0.6 is 34.8 Å². The molecule has 3 N–H and O–H groups in total. The van der Waals surface area contributed by atoms with Crippen LogP contribution in [-0.4, -0.2) is 31.1 Å². The van der Waals surface area contributed by atoms with Crippen molar-refractivity contribution in [2.24, 2.45) is 0 Å². The van der Waals surface area contributed by atoms with Gasteiger partial charge in [0.25, 0.3) is 5.91 Å². The van der Waals surface area contributed by atoms with Crippen molar-refractivity contribution >= 4 is 57.4 Å². The molecular weight excluding hydrogens is 465 g/mol. The Morgan fingerprint density at radius 1 is 1.15 bits per heavy atom. The second-order valence-corrected chi connectivity index (χ2v) is 6.87. The number of benzene rings is 2. The van der Waals surface area contributed by atoms with Gasteiger partial charge >= 0.3 is 0 Å². The van der Waals surface area contributed by atoms with Gasteiger partial charge in [-0.2, -0.15) is 0 Å². The van der Waals surface area contributed by atoms with E-state index in [2.05, 4.69) is 38.5 Å². The lowest BCUT2D eigenvalue weighted by Gasteiger charge is -2.11. The van der Waals surface area contributed by atoms with E-state index in [4.69, 9.17) is 17.0 Å². The average Bonchev–Trinajstić information content (AvgIpc) is 2.63. The van der Waals surface area contributed by atoms with E-state index in [0.29, 0.717) is 17.7 Å². The van der Waals surface area contributed by atoms with Gasteiger partial charge in [-0.1, -0.05) is 12.1 Å². The van der Waals surface area contributed by atoms with Crippen LogP contribution in [0.1, 0.15) is 15.9 Å². The molecule has 8 heteroatoms. The molecule has 2 aromatic carbocycles. The molecule has 0 atom stereocenters. The van der Waals surface area contributed by atoms with E-state index >= 15 is 0 Å². The first-order chi connectivity index (χ1) is 12.4. The van der Waals surface area contributed by atoms with E-state index in [1.54, 1.807) is 44.5 Å². The van der Waals surface area contributed by atoms with E-state index in [-0.39, 0.29) is 16.9 Å². The summed E-state index contributed by atoms with van der Waals surface area (Å²) in [7, 11) is 3.18. The maximum atomic E-state index is 12.3. The van der Waals surface area contributed by atoms with Crippen LogP contribution in [0, 0.1) is 3.57 Å². The Bertz CT molecular complexity index is 825. The number of amides is 2. The first-order valence-electron chi connectivity index (χ1n) is 7.68. The number of hydrogen-bond acceptors (Lipinski definition) is 4. The molecule has 0 aliphatic rings. The van der Waals surface area contributed by atoms with Gasteiger partial charge in [0.2, 0.25) is 5.91 Å². The first kappa shape index (κ1) is 20.1. The molecule has 0 aliphatic heterocycles. The van der Waals surface area contributed by atoms with Crippen molar-refractivity contribution in [2.45, 2.75) is 6.42 Å². The number of likely N-dealkylation sites (N-methyl/N-ethyl adjacent to an activating group) is 1. The van der Waals surface area contributed by atoms with Gasteiger partial charge in [-0.15, -0.1) is 0 Å². The van der Waals surface area contributed by atoms with Crippen molar-refractivity contribution in [1.29, 1.82) is 0 Å². The van der Waals surface area contributed by atoms with E-state index < -0.39 is 0 Å². The molecular formula is C18H18IN3O3S. The van der Waals surface area contributed by atoms with Crippen molar-refractivity contribution in [1.82, 2.24) is 10.6 Å². The van der Waals surface area contributed by atoms with Gasteiger partial charge in [0, 0.05) is 18.3 Å². The molecule has 0 saturated heterocycles. The third kappa shape index (κ3) is 5.67. The SMILES string of the molecule is CNC(=O)Cc1ccc(NC(=S)NC(=O)c2ccc(OC)c(I)c2)cc1. The quantitative estimate of drug-likeness (QED) is 0.451. The number of carbonyl (C=O) groups is 2. The van der Waals surface area contributed by atoms with Crippen molar-refractivity contribution in [3.05, 3.63) is 57.2 Å². The summed E-state index contributed by atoms with van der Waals surface area (Å²) in [5, 5.41) is 8.36. The Morgan fingerprint density at radius 2 is 1.85 bits per heavy atom. The van der Waals surface area contributed by atoms with Crippen molar-refractivity contribution < 1.29 is 14.3 Å². The molecule has 26 heavy (non-hydrogen) atoms. The lowest BCUT2D eigenvalue weighted by Crippen LogP contribution is -2.34. The molecule has 0 bridgehead atoms. The van der Waals surface area contributed by atoms with Gasteiger partial charge in [-0.25, -0.2) is 0 Å². The maximum Gasteiger partial charge on any atom is 0.257 e. The zero-order valence-electron chi connectivity index (χ0n) is 14.3. The number of anilines is 1. The van der Waals surface area contributed by atoms with Crippen LogP contribution in [0.4, 0.5) is 5.69 Å². The summed E-state index contributed by atoms with van der Waals surface area (Å²) in [5.74, 6) is 0.349. The van der Waals surface area contributed by atoms with E-state index in [9.17, 15) is 9.59 Å². The number of halogens is 1. The zero-order valence-corrected chi connectivity index (χ0v) is 17.2. The Balaban J connectivity index is 1.94. The maximum absolute atomic E-state index is 12.3. The molecule has 136 valence electrons. The normalized spacial score (nSPS) is 9.96. The molecule has 2 amide bonds. The minimum Gasteiger partial charge on any atom is -0.496 e. The number of thiocarbonyl (C=S) groups is 1. The second kappa shape index (κ2) is 9.48. The number of carbonyl (C=O) groups excluding carboxylic acids is 2. The molecule has 0 aliphatic carbocycles. The third-order valence-electron chi connectivity index (χ3n) is 3.50. The predicted molar refractivity (Wildman–Crippen MR) is 114 cm³/mol. The van der Waals surface area contributed by atoms with Gasteiger partial charge in [0.1, 0.15) is 5.75 Å². The van der Waals surface area contributed by atoms with Gasteiger partial charge in [-0.05, 0) is 70.7 Å². The highest BCUT2D eigenvalue weighted by Crippen LogP contribution is 2.21. The van der Waals surface area contributed by atoms with Crippen LogP contribution < -0.4 is 20.7 Å². The fourth-order valence-electron chi connectivity index (χ4n) is 2.12. The number of methoxy groups -OCH3 is 1. The van der Waals surface area contributed by atoms with Crippen LogP contribution in [0.15, 0.2) is 42.5 Å². The number of rotatable bonds is 5. The topological polar surface area (TPSA) is 79.5 Å². The van der Waals surface area contributed by atoms with E-state index in [1.807, 2.05) is 12.1 Å². The fourth-order valence-corrected chi connectivity index (χ4v) is 3.07. The highest BCUT2D eigenvalue weighted by Gasteiger charge is 2.11. The molecule has 6 nitrogen and oxygen atoms in total. The summed E-state index contributed by atoms with van der Waals surface area (Å²) in [6, 6.07) is 12.4. The van der Waals surface area contributed by atoms with Crippen LogP contribution in [-0.2, 0) is 11.2 Å². The van der Waals surface area contributed by atoms with Gasteiger partial charge < -0.3 is 15.4 Å². The molecule has 0 aromatic heterocycles. The number of ether oxygens (including phenoxy) is 1. The largest absolute Gasteiger partial charge is 0.496 e. The predicted octanol–water partition coefficient (Wildman–Crippen LogP) is 2.72. The van der Waals surface area contributed by atoms with Gasteiger partial charge in [-0.3, -0.25) is 14.9 Å². The van der Waals surface area contributed by atoms with Crippen LogP contribution in [0.5, 0.6) is 5.75 Å². The molecule has 0 spiro atoms. The lowest BCUT2D eigenvalue weighted by molar-refractivity contribution is -0.119. The highest BCUT2D eigenvalue weighted by atomic mass is 127. The fraction of sp³-hybridized carbons (Fsp3) is 0.167. The molecule has 2 aromatic rings. The third-order valence-corrected chi connectivity index (χ3v) is 4.54. The van der Waals surface area contributed by atoms with Crippen LogP contribution in [0.25, 0.3) is 0 Å². The van der Waals surface area contributed by atoms with Gasteiger partial charge in [0.05, 0.1) is 17.1 Å². The Labute approximate surface area is 170 Å². The smallest absolute Gasteiger partial charge is 0.257 e. The Hall–Kier alpha value is -2.20. The highest BCUT2D eigenvalue weighted by molar-refractivity contribution is 14.1. The summed E-state index contributed by atoms with van der Waals surface area (Å²) in [6.45, 7) is 0. The van der Waals surface area contributed by atoms with Crippen LogP contribution in [0.3, 0.4) is 0 Å². The van der Waals surface area contributed by atoms with Crippen LogP contribution in [0.2, 0.25) is 0 Å². The molecule has 0 radical (unpaired) electrons. The van der Waals surface area contributed by atoms with Crippen molar-refractivity contribution in [2.75, 3.05) is 19.5 Å². The summed E-state index contributed by atoms with van der Waals surface area (Å²) in [5.41, 5.74) is 2.10. The van der Waals surface area contributed by atoms with Crippen molar-refractivity contribution in [3.63, 3.8) is 0 Å². The summed E-state index contributed by atoms with van der Waals surface area (Å²) >= 11 is 7.29. The standard InChI is InChI=1S/C18H18IN3O3S/c1-20-16(23)9-11-3-6-13(7-4-11)21-18(26)22-17(24)12-5-8-15(25-2)14(19)10-12/h3-8,10H,9H2,1-2H3,(H,20,23)(H2,21,22,24,26). The molecule has 0 saturated carbocycles. The summed E-state index contributed by atoms with van der Waals surface area (Å²) in [4.78, 5) is 23.6. The van der Waals surface area contributed by atoms with E-state index in [0.717, 1.165) is 14.8 Å². The Morgan fingerprint density at radius 3 is 2.42 bits per heavy atom. The monoisotopic (exact) mass is 483 g/mol. The Kier molecular flexibility index (Phi) is 7.34. The second-order valence-electron chi connectivity index (χ2n) is 5.30. The minimum atomic E-state index is -0.306. The molecule has 2 rings (SSSR count). The summed E-state index contributed by atoms with van der Waals surface area (Å²) in [6.07, 6.45) is 0.314. The first-order valence-corrected chi connectivity index (χ1v) is 9.17. The van der Waals surface area contributed by atoms with E-state index in [1.165, 1.54) is 0 Å². The zero-order chi connectivity index (χ0) is 19.1. The molecule has 0 unspecified atom stereocenters. The lowest BCUT2D eigenvalue weighted by atomic mass is 10.1. The molecule has 0 fully saturated rings. The number of nitrogens with one attached hydrogen (secondary N) is 3. The molecule has 0 heterocycles. The average molecular weight is 483 g/mol. The number of hydrogen-bond donors (Lipinski definition) is 3.